The van der Waals surface area contributed by atoms with Crippen molar-refractivity contribution in [1.29, 1.82) is 0 Å². The summed E-state index contributed by atoms with van der Waals surface area (Å²) < 4.78 is 5.92. The van der Waals surface area contributed by atoms with Gasteiger partial charge in [-0.1, -0.05) is 42.8 Å². The number of halogens is 1. The highest BCUT2D eigenvalue weighted by atomic mass is 35.5. The second-order valence-electron chi connectivity index (χ2n) is 4.32. The van der Waals surface area contributed by atoms with Crippen LogP contribution in [0, 0.1) is 0 Å². The molecule has 0 aliphatic carbocycles. The number of nitrogens with one attached hydrogen (secondary N) is 1. The van der Waals surface area contributed by atoms with Crippen molar-refractivity contribution in [2.45, 2.75) is 13.5 Å². The van der Waals surface area contributed by atoms with Crippen LogP contribution in [0.3, 0.4) is 0 Å². The van der Waals surface area contributed by atoms with Crippen molar-refractivity contribution in [2.24, 2.45) is 0 Å². The highest BCUT2D eigenvalue weighted by Gasteiger charge is 2.09. The standard InChI is InChI=1S/C15H14ClNO/c1-2-17-9-11-7-10-8-14(16)12-5-3-4-6-13(12)15(10)18-11/h3-8,17H,2,9H2,1H3. The fraction of sp³-hybridized carbons (Fsp3) is 0.200. The molecule has 3 aromatic rings. The average molecular weight is 260 g/mol. The summed E-state index contributed by atoms with van der Waals surface area (Å²) >= 11 is 6.29. The minimum Gasteiger partial charge on any atom is -0.459 e. The Balaban J connectivity index is 2.23. The number of rotatable bonds is 3. The van der Waals surface area contributed by atoms with Crippen LogP contribution >= 0.6 is 11.6 Å². The fourth-order valence-electron chi connectivity index (χ4n) is 2.22. The fourth-order valence-corrected chi connectivity index (χ4v) is 2.50. The summed E-state index contributed by atoms with van der Waals surface area (Å²) in [7, 11) is 0. The maximum atomic E-state index is 6.29. The zero-order valence-corrected chi connectivity index (χ0v) is 10.9. The van der Waals surface area contributed by atoms with E-state index in [-0.39, 0.29) is 0 Å². The van der Waals surface area contributed by atoms with Crippen LogP contribution in [0.15, 0.2) is 40.8 Å². The van der Waals surface area contributed by atoms with E-state index in [1.165, 1.54) is 0 Å². The molecule has 0 fully saturated rings. The first-order valence-electron chi connectivity index (χ1n) is 6.10. The van der Waals surface area contributed by atoms with Crippen molar-refractivity contribution in [3.05, 3.63) is 47.2 Å². The highest BCUT2D eigenvalue weighted by Crippen LogP contribution is 2.33. The van der Waals surface area contributed by atoms with Gasteiger partial charge in [0.15, 0.2) is 0 Å². The van der Waals surface area contributed by atoms with Crippen molar-refractivity contribution >= 4 is 33.3 Å². The van der Waals surface area contributed by atoms with Crippen LogP contribution in [0.25, 0.3) is 21.7 Å². The lowest BCUT2D eigenvalue weighted by Gasteiger charge is -2.00. The van der Waals surface area contributed by atoms with Gasteiger partial charge >= 0.3 is 0 Å². The van der Waals surface area contributed by atoms with Gasteiger partial charge in [-0.3, -0.25) is 0 Å². The van der Waals surface area contributed by atoms with Crippen molar-refractivity contribution in [1.82, 2.24) is 5.32 Å². The quantitative estimate of drug-likeness (QED) is 0.757. The number of hydrogen-bond acceptors (Lipinski definition) is 2. The summed E-state index contributed by atoms with van der Waals surface area (Å²) in [6, 6.07) is 12.1. The lowest BCUT2D eigenvalue weighted by atomic mass is 10.1. The molecular formula is C15H14ClNO. The van der Waals surface area contributed by atoms with Gasteiger partial charge in [0.1, 0.15) is 11.3 Å². The van der Waals surface area contributed by atoms with E-state index in [2.05, 4.69) is 18.3 Å². The molecule has 0 atom stereocenters. The van der Waals surface area contributed by atoms with Crippen LogP contribution in [0.2, 0.25) is 5.02 Å². The molecule has 2 nitrogen and oxygen atoms in total. The molecular weight excluding hydrogens is 246 g/mol. The third-order valence-electron chi connectivity index (χ3n) is 3.07. The van der Waals surface area contributed by atoms with Crippen molar-refractivity contribution < 1.29 is 4.42 Å². The Morgan fingerprint density at radius 3 is 2.72 bits per heavy atom. The summed E-state index contributed by atoms with van der Waals surface area (Å²) in [4.78, 5) is 0. The minimum absolute atomic E-state index is 0.747. The summed E-state index contributed by atoms with van der Waals surface area (Å²) in [5, 5.41) is 7.21. The van der Waals surface area contributed by atoms with Crippen LogP contribution in [-0.4, -0.2) is 6.54 Å². The van der Waals surface area contributed by atoms with Gasteiger partial charge in [-0.2, -0.15) is 0 Å². The third kappa shape index (κ3) is 1.88. The van der Waals surface area contributed by atoms with E-state index in [0.29, 0.717) is 0 Å². The first-order chi connectivity index (χ1) is 8.79. The van der Waals surface area contributed by atoms with Gasteiger partial charge in [-0.05, 0) is 18.7 Å². The van der Waals surface area contributed by atoms with E-state index in [1.807, 2.05) is 30.3 Å². The zero-order chi connectivity index (χ0) is 12.5. The van der Waals surface area contributed by atoms with Crippen molar-refractivity contribution in [3.63, 3.8) is 0 Å². The average Bonchev–Trinajstić information content (AvgIpc) is 2.80. The molecule has 0 saturated heterocycles. The Kier molecular flexibility index (Phi) is 2.98. The van der Waals surface area contributed by atoms with E-state index in [1.54, 1.807) is 0 Å². The van der Waals surface area contributed by atoms with Crippen molar-refractivity contribution in [3.8, 4) is 0 Å². The van der Waals surface area contributed by atoms with Gasteiger partial charge in [0, 0.05) is 21.2 Å². The predicted octanol–water partition coefficient (Wildman–Crippen LogP) is 4.35. The molecule has 0 unspecified atom stereocenters. The normalized spacial score (nSPS) is 11.4. The highest BCUT2D eigenvalue weighted by molar-refractivity contribution is 6.37. The number of fused-ring (bicyclic) bond motifs is 3. The predicted molar refractivity (Wildman–Crippen MR) is 76.1 cm³/mol. The van der Waals surface area contributed by atoms with Crippen molar-refractivity contribution in [2.75, 3.05) is 6.54 Å². The maximum Gasteiger partial charge on any atom is 0.142 e. The van der Waals surface area contributed by atoms with Crippen LogP contribution in [-0.2, 0) is 6.54 Å². The molecule has 1 aromatic heterocycles. The monoisotopic (exact) mass is 259 g/mol. The Bertz CT molecular complexity index is 702. The van der Waals surface area contributed by atoms with Gasteiger partial charge in [-0.15, -0.1) is 0 Å². The second kappa shape index (κ2) is 4.63. The molecule has 0 bridgehead atoms. The SMILES string of the molecule is CCNCc1cc2cc(Cl)c3ccccc3c2o1. The molecule has 0 spiro atoms. The summed E-state index contributed by atoms with van der Waals surface area (Å²) in [5.74, 6) is 0.944. The van der Waals surface area contributed by atoms with E-state index in [4.69, 9.17) is 16.0 Å². The Labute approximate surface area is 111 Å². The van der Waals surface area contributed by atoms with Gasteiger partial charge in [0.2, 0.25) is 0 Å². The Morgan fingerprint density at radius 2 is 1.94 bits per heavy atom. The van der Waals surface area contributed by atoms with E-state index >= 15 is 0 Å². The molecule has 2 aromatic carbocycles. The van der Waals surface area contributed by atoms with Crippen LogP contribution < -0.4 is 5.32 Å². The molecule has 0 radical (unpaired) electrons. The second-order valence-corrected chi connectivity index (χ2v) is 4.72. The molecule has 1 N–H and O–H groups in total. The number of hydrogen-bond donors (Lipinski definition) is 1. The smallest absolute Gasteiger partial charge is 0.142 e. The molecule has 0 aliphatic rings. The number of furan rings is 1. The molecule has 18 heavy (non-hydrogen) atoms. The Hall–Kier alpha value is -1.51. The topological polar surface area (TPSA) is 25.2 Å². The van der Waals surface area contributed by atoms with Gasteiger partial charge in [0.05, 0.1) is 6.54 Å². The molecule has 0 aliphatic heterocycles. The van der Waals surface area contributed by atoms with Gasteiger partial charge in [-0.25, -0.2) is 0 Å². The maximum absolute atomic E-state index is 6.29. The van der Waals surface area contributed by atoms with E-state index in [0.717, 1.165) is 45.6 Å². The van der Waals surface area contributed by atoms with Gasteiger partial charge in [0.25, 0.3) is 0 Å². The minimum atomic E-state index is 0.747. The lowest BCUT2D eigenvalue weighted by molar-refractivity contribution is 0.522. The van der Waals surface area contributed by atoms with Gasteiger partial charge < -0.3 is 9.73 Å². The molecule has 0 saturated carbocycles. The summed E-state index contributed by atoms with van der Waals surface area (Å²) in [5.41, 5.74) is 0.919. The third-order valence-corrected chi connectivity index (χ3v) is 3.38. The first kappa shape index (κ1) is 11.6. The molecule has 3 heteroatoms. The van der Waals surface area contributed by atoms with E-state index < -0.39 is 0 Å². The first-order valence-corrected chi connectivity index (χ1v) is 6.48. The lowest BCUT2D eigenvalue weighted by Crippen LogP contribution is -2.10. The van der Waals surface area contributed by atoms with Crippen LogP contribution in [0.4, 0.5) is 0 Å². The Morgan fingerprint density at radius 1 is 1.17 bits per heavy atom. The molecule has 0 amide bonds. The molecule has 1 heterocycles. The van der Waals surface area contributed by atoms with Crippen LogP contribution in [0.5, 0.6) is 0 Å². The summed E-state index contributed by atoms with van der Waals surface area (Å²) in [6.45, 7) is 3.75. The largest absolute Gasteiger partial charge is 0.459 e. The molecule has 3 rings (SSSR count). The summed E-state index contributed by atoms with van der Waals surface area (Å²) in [6.07, 6.45) is 0. The zero-order valence-electron chi connectivity index (χ0n) is 10.2. The molecule has 92 valence electrons. The van der Waals surface area contributed by atoms with E-state index in [9.17, 15) is 0 Å². The number of benzene rings is 2. The van der Waals surface area contributed by atoms with Crippen LogP contribution in [0.1, 0.15) is 12.7 Å².